The van der Waals surface area contributed by atoms with E-state index in [2.05, 4.69) is 0 Å². The Morgan fingerprint density at radius 2 is 1.33 bits per heavy atom. The summed E-state index contributed by atoms with van der Waals surface area (Å²) in [6.45, 7) is 1.20. The molecule has 0 unspecified atom stereocenters. The van der Waals surface area contributed by atoms with Gasteiger partial charge in [0, 0.05) is 0 Å². The van der Waals surface area contributed by atoms with E-state index < -0.39 is 34.4 Å². The number of hydrogen-bond donors (Lipinski definition) is 0. The Balaban J connectivity index is 3.16. The predicted octanol–water partition coefficient (Wildman–Crippen LogP) is 5.06. The van der Waals surface area contributed by atoms with Gasteiger partial charge in [-0.15, -0.1) is 0 Å². The maximum absolute atomic E-state index is 13.1. The molecule has 0 heterocycles. The second-order valence-electron chi connectivity index (χ2n) is 4.40. The summed E-state index contributed by atoms with van der Waals surface area (Å²) >= 11 is 0. The molecule has 0 aliphatic heterocycles. The Morgan fingerprint density at radius 1 is 0.857 bits per heavy atom. The smallest absolute Gasteiger partial charge is 0.192 e. The Bertz CT molecular complexity index is 749. The molecule has 0 aromatic heterocycles. The first-order valence-corrected chi connectivity index (χ1v) is 5.68. The minimum Gasteiger partial charge on any atom is -0.192 e. The topological polar surface area (TPSA) is 23.8 Å². The van der Waals surface area contributed by atoms with Crippen LogP contribution in [0.5, 0.6) is 0 Å². The van der Waals surface area contributed by atoms with E-state index in [4.69, 9.17) is 5.26 Å². The summed E-state index contributed by atoms with van der Waals surface area (Å²) in [5, 5.41) is 8.31. The van der Waals surface area contributed by atoms with Crippen molar-refractivity contribution in [3.63, 3.8) is 0 Å². The SMILES string of the molecule is Cc1c(C#N)c(C(F)(F)F)c(C(F)(F)F)c2ccccc12. The van der Waals surface area contributed by atoms with Crippen molar-refractivity contribution in [3.05, 3.63) is 46.5 Å². The summed E-state index contributed by atoms with van der Waals surface area (Å²) in [5.74, 6) is 0. The normalized spacial score (nSPS) is 12.5. The second-order valence-corrected chi connectivity index (χ2v) is 4.40. The number of aryl methyl sites for hydroxylation is 1. The fraction of sp³-hybridized carbons (Fsp3) is 0.214. The van der Waals surface area contributed by atoms with Gasteiger partial charge >= 0.3 is 12.4 Å². The fourth-order valence-electron chi connectivity index (χ4n) is 2.33. The highest BCUT2D eigenvalue weighted by atomic mass is 19.4. The third-order valence-electron chi connectivity index (χ3n) is 3.15. The van der Waals surface area contributed by atoms with Crippen LogP contribution >= 0.6 is 0 Å². The molecule has 1 nitrogen and oxygen atoms in total. The van der Waals surface area contributed by atoms with Crippen molar-refractivity contribution in [2.24, 2.45) is 0 Å². The molecule has 0 fully saturated rings. The summed E-state index contributed by atoms with van der Waals surface area (Å²) in [6, 6.07) is 6.13. The van der Waals surface area contributed by atoms with Crippen molar-refractivity contribution in [2.75, 3.05) is 0 Å². The van der Waals surface area contributed by atoms with Gasteiger partial charge < -0.3 is 0 Å². The van der Waals surface area contributed by atoms with E-state index in [1.54, 1.807) is 0 Å². The predicted molar refractivity (Wildman–Crippen MR) is 63.4 cm³/mol. The highest BCUT2D eigenvalue weighted by Crippen LogP contribution is 2.46. The zero-order chi connectivity index (χ0) is 16.0. The van der Waals surface area contributed by atoms with Crippen molar-refractivity contribution < 1.29 is 26.3 Å². The van der Waals surface area contributed by atoms with Crippen LogP contribution in [0, 0.1) is 18.3 Å². The summed E-state index contributed by atoms with van der Waals surface area (Å²) in [7, 11) is 0. The monoisotopic (exact) mass is 303 g/mol. The molecule has 0 atom stereocenters. The van der Waals surface area contributed by atoms with Gasteiger partial charge in [0.1, 0.15) is 6.07 Å². The van der Waals surface area contributed by atoms with Gasteiger partial charge in [0.15, 0.2) is 0 Å². The fourth-order valence-corrected chi connectivity index (χ4v) is 2.33. The first-order chi connectivity index (χ1) is 9.59. The van der Waals surface area contributed by atoms with E-state index in [1.165, 1.54) is 31.2 Å². The number of nitrogens with zero attached hydrogens (tertiary/aromatic N) is 1. The maximum atomic E-state index is 13.1. The Hall–Kier alpha value is -2.23. The lowest BCUT2D eigenvalue weighted by Crippen LogP contribution is -2.20. The van der Waals surface area contributed by atoms with Crippen molar-refractivity contribution in [3.8, 4) is 6.07 Å². The first kappa shape index (κ1) is 15.2. The largest absolute Gasteiger partial charge is 0.418 e. The van der Waals surface area contributed by atoms with Gasteiger partial charge in [-0.1, -0.05) is 24.3 Å². The van der Waals surface area contributed by atoms with Crippen LogP contribution in [0.2, 0.25) is 0 Å². The van der Waals surface area contributed by atoms with Gasteiger partial charge in [-0.25, -0.2) is 0 Å². The standard InChI is InChI=1S/C14H7F6N/c1-7-8-4-2-3-5-9(8)11(13(15,16)17)12(10(7)6-21)14(18,19)20/h2-5H,1H3. The molecule has 0 N–H and O–H groups in total. The Morgan fingerprint density at radius 3 is 1.76 bits per heavy atom. The molecule has 0 spiro atoms. The van der Waals surface area contributed by atoms with Crippen LogP contribution in [0.1, 0.15) is 22.3 Å². The van der Waals surface area contributed by atoms with Gasteiger partial charge in [0.05, 0.1) is 16.7 Å². The van der Waals surface area contributed by atoms with Gasteiger partial charge in [0.25, 0.3) is 0 Å². The molecule has 0 amide bonds. The summed E-state index contributed by atoms with van der Waals surface area (Å²) in [6.07, 6.45) is -10.5. The number of halogens is 6. The highest BCUT2D eigenvalue weighted by Gasteiger charge is 2.47. The average Bonchev–Trinajstić information content (AvgIpc) is 2.36. The maximum Gasteiger partial charge on any atom is 0.418 e. The van der Waals surface area contributed by atoms with E-state index in [-0.39, 0.29) is 10.9 Å². The summed E-state index contributed by atoms with van der Waals surface area (Å²) < 4.78 is 78.7. The number of fused-ring (bicyclic) bond motifs is 1. The molecule has 110 valence electrons. The molecular weight excluding hydrogens is 296 g/mol. The zero-order valence-electron chi connectivity index (χ0n) is 10.5. The van der Waals surface area contributed by atoms with Crippen molar-refractivity contribution in [2.45, 2.75) is 19.3 Å². The first-order valence-electron chi connectivity index (χ1n) is 5.68. The molecule has 2 aromatic carbocycles. The molecule has 0 saturated carbocycles. The lowest BCUT2D eigenvalue weighted by atomic mass is 9.89. The van der Waals surface area contributed by atoms with Crippen LogP contribution in [0.15, 0.2) is 24.3 Å². The van der Waals surface area contributed by atoms with Crippen LogP contribution in [0.4, 0.5) is 26.3 Å². The molecule has 0 radical (unpaired) electrons. The number of hydrogen-bond acceptors (Lipinski definition) is 1. The Labute approximate surface area is 115 Å². The third kappa shape index (κ3) is 2.42. The number of rotatable bonds is 0. The van der Waals surface area contributed by atoms with E-state index in [1.807, 2.05) is 0 Å². The van der Waals surface area contributed by atoms with E-state index in [0.29, 0.717) is 0 Å². The van der Waals surface area contributed by atoms with Gasteiger partial charge in [0.2, 0.25) is 0 Å². The van der Waals surface area contributed by atoms with Crippen LogP contribution in [-0.4, -0.2) is 0 Å². The lowest BCUT2D eigenvalue weighted by Gasteiger charge is -2.21. The molecule has 0 aliphatic carbocycles. The quantitative estimate of drug-likeness (QED) is 0.624. The summed E-state index contributed by atoms with van der Waals surface area (Å²) in [5.41, 5.74) is -4.84. The van der Waals surface area contributed by atoms with Crippen molar-refractivity contribution >= 4 is 10.8 Å². The van der Waals surface area contributed by atoms with Gasteiger partial charge in [-0.3, -0.25) is 0 Å². The van der Waals surface area contributed by atoms with E-state index >= 15 is 0 Å². The molecule has 0 bridgehead atoms. The third-order valence-corrected chi connectivity index (χ3v) is 3.15. The van der Waals surface area contributed by atoms with Gasteiger partial charge in [-0.2, -0.15) is 31.6 Å². The molecule has 7 heteroatoms. The zero-order valence-corrected chi connectivity index (χ0v) is 10.5. The molecule has 0 saturated heterocycles. The van der Waals surface area contributed by atoms with Crippen molar-refractivity contribution in [1.82, 2.24) is 0 Å². The molecule has 2 rings (SSSR count). The molecule has 21 heavy (non-hydrogen) atoms. The minimum atomic E-state index is -5.27. The highest BCUT2D eigenvalue weighted by molar-refractivity contribution is 5.92. The number of nitriles is 1. The second kappa shape index (κ2) is 4.65. The number of benzene rings is 2. The van der Waals surface area contributed by atoms with E-state index in [9.17, 15) is 26.3 Å². The molecule has 2 aromatic rings. The van der Waals surface area contributed by atoms with Crippen LogP contribution in [0.25, 0.3) is 10.8 Å². The van der Waals surface area contributed by atoms with Crippen LogP contribution in [-0.2, 0) is 12.4 Å². The lowest BCUT2D eigenvalue weighted by molar-refractivity contribution is -0.161. The molecular formula is C14H7F6N. The van der Waals surface area contributed by atoms with Crippen molar-refractivity contribution in [1.29, 1.82) is 5.26 Å². The minimum absolute atomic E-state index is 0.0191. The van der Waals surface area contributed by atoms with Crippen LogP contribution in [0.3, 0.4) is 0 Å². The summed E-state index contributed by atoms with van der Waals surface area (Å²) in [4.78, 5) is 0. The van der Waals surface area contributed by atoms with Crippen LogP contribution < -0.4 is 0 Å². The average molecular weight is 303 g/mol. The van der Waals surface area contributed by atoms with Gasteiger partial charge in [-0.05, 0) is 23.3 Å². The molecule has 0 aliphatic rings. The number of alkyl halides is 6. The Kier molecular flexibility index (Phi) is 3.36. The van der Waals surface area contributed by atoms with E-state index in [0.717, 1.165) is 6.07 Å².